The van der Waals surface area contributed by atoms with E-state index >= 15 is 0 Å². The van der Waals surface area contributed by atoms with Crippen LogP contribution in [0.3, 0.4) is 0 Å². The Bertz CT molecular complexity index is 789. The van der Waals surface area contributed by atoms with Gasteiger partial charge < -0.3 is 23.9 Å². The van der Waals surface area contributed by atoms with E-state index in [1.165, 1.54) is 0 Å². The third-order valence-electron chi connectivity index (χ3n) is 5.62. The van der Waals surface area contributed by atoms with Gasteiger partial charge in [0.2, 0.25) is 5.79 Å². The molecule has 3 aliphatic heterocycles. The lowest BCUT2D eigenvalue weighted by molar-refractivity contribution is -0.174. The van der Waals surface area contributed by atoms with Crippen LogP contribution in [0.5, 0.6) is 0 Å². The minimum Gasteiger partial charge on any atom is -0.458 e. The van der Waals surface area contributed by atoms with Gasteiger partial charge in [-0.15, -0.1) is 0 Å². The van der Waals surface area contributed by atoms with Crippen LogP contribution in [-0.2, 0) is 43.5 Å². The average Bonchev–Trinajstić information content (AvgIpc) is 3.12. The SMILES string of the molecule is O=C1OCc2c(cc3n(c2=O)CCC32OCCO2)[C@]1(O)CC1CC1. The van der Waals surface area contributed by atoms with E-state index in [0.29, 0.717) is 55.3 Å². The van der Waals surface area contributed by atoms with Gasteiger partial charge in [0.15, 0.2) is 5.60 Å². The van der Waals surface area contributed by atoms with Gasteiger partial charge in [-0.1, -0.05) is 12.8 Å². The minimum atomic E-state index is -1.74. The molecule has 4 aliphatic rings. The Morgan fingerprint density at radius 1 is 1.25 bits per heavy atom. The Kier molecular flexibility index (Phi) is 2.85. The largest absolute Gasteiger partial charge is 0.458 e. The molecule has 2 fully saturated rings. The maximum Gasteiger partial charge on any atom is 0.343 e. The maximum atomic E-state index is 12.9. The lowest BCUT2D eigenvalue weighted by Gasteiger charge is -2.33. The second kappa shape index (κ2) is 4.68. The van der Waals surface area contributed by atoms with Crippen molar-refractivity contribution in [1.82, 2.24) is 4.57 Å². The molecule has 0 amide bonds. The molecule has 1 atom stereocenters. The number of ether oxygens (including phenoxy) is 3. The third-order valence-corrected chi connectivity index (χ3v) is 5.62. The number of rotatable bonds is 2. The van der Waals surface area contributed by atoms with Crippen LogP contribution < -0.4 is 5.56 Å². The topological polar surface area (TPSA) is 87.0 Å². The van der Waals surface area contributed by atoms with Gasteiger partial charge in [-0.05, 0) is 18.4 Å². The smallest absolute Gasteiger partial charge is 0.343 e. The Balaban J connectivity index is 1.71. The number of aliphatic hydroxyl groups is 1. The Hall–Kier alpha value is -1.70. The second-order valence-electron chi connectivity index (χ2n) is 7.16. The highest BCUT2D eigenvalue weighted by Gasteiger charge is 2.52. The molecule has 1 N–H and O–H groups in total. The highest BCUT2D eigenvalue weighted by molar-refractivity contribution is 5.83. The summed E-state index contributed by atoms with van der Waals surface area (Å²) in [5.41, 5.74) is -0.613. The number of hydrogen-bond donors (Lipinski definition) is 1. The second-order valence-corrected chi connectivity index (χ2v) is 7.16. The molecule has 7 nitrogen and oxygen atoms in total. The fourth-order valence-corrected chi connectivity index (χ4v) is 4.17. The number of cyclic esters (lactones) is 1. The molecule has 5 rings (SSSR count). The van der Waals surface area contributed by atoms with E-state index in [1.54, 1.807) is 10.6 Å². The van der Waals surface area contributed by atoms with E-state index in [9.17, 15) is 14.7 Å². The van der Waals surface area contributed by atoms with Crippen molar-refractivity contribution in [2.75, 3.05) is 13.2 Å². The lowest BCUT2D eigenvalue weighted by Crippen LogP contribution is -2.45. The predicted octanol–water partition coefficient (Wildman–Crippen LogP) is 0.496. The van der Waals surface area contributed by atoms with E-state index < -0.39 is 17.4 Å². The van der Waals surface area contributed by atoms with Crippen molar-refractivity contribution >= 4 is 5.97 Å². The van der Waals surface area contributed by atoms with Gasteiger partial charge >= 0.3 is 5.97 Å². The van der Waals surface area contributed by atoms with Crippen molar-refractivity contribution in [3.05, 3.63) is 33.2 Å². The number of hydrogen-bond acceptors (Lipinski definition) is 6. The minimum absolute atomic E-state index is 0.0883. The monoisotopic (exact) mass is 333 g/mol. The van der Waals surface area contributed by atoms with Crippen molar-refractivity contribution in [3.63, 3.8) is 0 Å². The maximum absolute atomic E-state index is 12.9. The summed E-state index contributed by atoms with van der Waals surface area (Å²) in [6, 6.07) is 1.73. The number of carbonyl (C=O) groups excluding carboxylic acids is 1. The summed E-state index contributed by atoms with van der Waals surface area (Å²) in [6.45, 7) is 1.35. The van der Waals surface area contributed by atoms with Gasteiger partial charge in [0, 0.05) is 18.5 Å². The van der Waals surface area contributed by atoms with E-state index in [0.717, 1.165) is 12.8 Å². The van der Waals surface area contributed by atoms with Crippen LogP contribution in [0.2, 0.25) is 0 Å². The molecule has 1 aliphatic carbocycles. The first-order valence-electron chi connectivity index (χ1n) is 8.49. The number of esters is 1. The summed E-state index contributed by atoms with van der Waals surface area (Å²) in [5.74, 6) is -1.28. The van der Waals surface area contributed by atoms with Gasteiger partial charge in [0.25, 0.3) is 5.56 Å². The molecule has 128 valence electrons. The van der Waals surface area contributed by atoms with Crippen molar-refractivity contribution in [2.24, 2.45) is 5.92 Å². The molecule has 1 saturated heterocycles. The van der Waals surface area contributed by atoms with Gasteiger partial charge in [0.1, 0.15) is 6.61 Å². The average molecular weight is 333 g/mol. The first kappa shape index (κ1) is 14.6. The number of carbonyl (C=O) groups is 1. The zero-order valence-corrected chi connectivity index (χ0v) is 13.2. The van der Waals surface area contributed by atoms with Crippen molar-refractivity contribution in [3.8, 4) is 0 Å². The fraction of sp³-hybridized carbons (Fsp3) is 0.647. The molecule has 1 spiro atoms. The molecule has 0 bridgehead atoms. The van der Waals surface area contributed by atoms with E-state index in [-0.39, 0.29) is 12.2 Å². The number of pyridine rings is 1. The summed E-state index contributed by atoms with van der Waals surface area (Å²) >= 11 is 0. The van der Waals surface area contributed by atoms with Crippen LogP contribution in [0.4, 0.5) is 0 Å². The quantitative estimate of drug-likeness (QED) is 0.793. The van der Waals surface area contributed by atoms with Crippen LogP contribution in [0, 0.1) is 5.92 Å². The Labute approximate surface area is 138 Å². The van der Waals surface area contributed by atoms with Crippen LogP contribution in [0.15, 0.2) is 10.9 Å². The van der Waals surface area contributed by atoms with Crippen molar-refractivity contribution in [2.45, 2.75) is 50.2 Å². The molecule has 0 aromatic carbocycles. The molecular formula is C17H19NO6. The number of aromatic nitrogens is 1. The fourth-order valence-electron chi connectivity index (χ4n) is 4.17. The molecule has 0 unspecified atom stereocenters. The van der Waals surface area contributed by atoms with Crippen LogP contribution in [-0.4, -0.2) is 28.9 Å². The van der Waals surface area contributed by atoms with Crippen molar-refractivity contribution < 1.29 is 24.1 Å². The summed E-state index contributed by atoms with van der Waals surface area (Å²) in [5, 5.41) is 11.1. The number of nitrogens with zero attached hydrogens (tertiary/aromatic N) is 1. The van der Waals surface area contributed by atoms with Crippen LogP contribution >= 0.6 is 0 Å². The van der Waals surface area contributed by atoms with Crippen LogP contribution in [0.25, 0.3) is 0 Å². The summed E-state index contributed by atoms with van der Waals surface area (Å²) in [4.78, 5) is 25.2. The zero-order valence-electron chi connectivity index (χ0n) is 13.2. The summed E-state index contributed by atoms with van der Waals surface area (Å²) < 4.78 is 18.3. The normalized spacial score (nSPS) is 30.3. The Morgan fingerprint density at radius 2 is 2.00 bits per heavy atom. The summed E-state index contributed by atoms with van der Waals surface area (Å²) in [6.07, 6.45) is 2.84. The molecule has 1 aromatic heterocycles. The molecule has 1 aromatic rings. The molecular weight excluding hydrogens is 314 g/mol. The number of fused-ring (bicyclic) bond motifs is 3. The third kappa shape index (κ3) is 1.83. The molecule has 7 heteroatoms. The van der Waals surface area contributed by atoms with Crippen molar-refractivity contribution in [1.29, 1.82) is 0 Å². The first-order chi connectivity index (χ1) is 11.5. The molecule has 24 heavy (non-hydrogen) atoms. The van der Waals surface area contributed by atoms with Crippen LogP contribution in [0.1, 0.15) is 42.5 Å². The van der Waals surface area contributed by atoms with Gasteiger partial charge in [-0.2, -0.15) is 0 Å². The lowest BCUT2D eigenvalue weighted by atomic mass is 9.83. The standard InChI is InChI=1S/C17H19NO6/c19-14-11-9-22-15(20)16(21,8-10-1-2-10)12(11)7-13-17(3-4-18(13)14)23-5-6-24-17/h7,10,21H,1-6,8-9H2/t16-/m1/s1. The molecule has 0 radical (unpaired) electrons. The Morgan fingerprint density at radius 3 is 2.71 bits per heavy atom. The predicted molar refractivity (Wildman–Crippen MR) is 79.9 cm³/mol. The highest BCUT2D eigenvalue weighted by atomic mass is 16.7. The first-order valence-corrected chi connectivity index (χ1v) is 8.49. The van der Waals surface area contributed by atoms with Gasteiger partial charge in [0.05, 0.1) is 24.5 Å². The zero-order chi connectivity index (χ0) is 16.5. The highest BCUT2D eigenvalue weighted by Crippen LogP contribution is 2.46. The van der Waals surface area contributed by atoms with E-state index in [1.807, 2.05) is 0 Å². The van der Waals surface area contributed by atoms with Gasteiger partial charge in [-0.25, -0.2) is 4.79 Å². The molecule has 4 heterocycles. The summed E-state index contributed by atoms with van der Waals surface area (Å²) in [7, 11) is 0. The van der Waals surface area contributed by atoms with E-state index in [2.05, 4.69) is 0 Å². The van der Waals surface area contributed by atoms with E-state index in [4.69, 9.17) is 14.2 Å². The van der Waals surface area contributed by atoms with Gasteiger partial charge in [-0.3, -0.25) is 4.79 Å². The molecule has 1 saturated carbocycles.